The maximum absolute atomic E-state index is 12.2. The Hall–Kier alpha value is -1.37. The van der Waals surface area contributed by atoms with E-state index in [-0.39, 0.29) is 17.0 Å². The molecule has 7 heteroatoms. The quantitative estimate of drug-likeness (QED) is 0.851. The summed E-state index contributed by atoms with van der Waals surface area (Å²) in [4.78, 5) is 13.4. The lowest BCUT2D eigenvalue weighted by molar-refractivity contribution is -0.274. The van der Waals surface area contributed by atoms with Gasteiger partial charge in [0.25, 0.3) is 0 Å². The van der Waals surface area contributed by atoms with E-state index < -0.39 is 6.36 Å². The molecule has 110 valence electrons. The van der Waals surface area contributed by atoms with Crippen LogP contribution in [0.3, 0.4) is 0 Å². The van der Waals surface area contributed by atoms with Gasteiger partial charge in [0, 0.05) is 6.54 Å². The second-order valence-electron chi connectivity index (χ2n) is 4.37. The molecule has 0 radical (unpaired) electrons. The van der Waals surface area contributed by atoms with Crippen molar-refractivity contribution >= 4 is 17.7 Å². The van der Waals surface area contributed by atoms with Crippen molar-refractivity contribution in [3.05, 3.63) is 29.8 Å². The highest BCUT2D eigenvalue weighted by Crippen LogP contribution is 2.39. The molecule has 20 heavy (non-hydrogen) atoms. The minimum atomic E-state index is -4.71. The third-order valence-electron chi connectivity index (χ3n) is 2.81. The molecule has 1 aromatic carbocycles. The smallest absolute Gasteiger partial charge is 0.406 e. The molecule has 1 heterocycles. The minimum absolute atomic E-state index is 0.0176. The van der Waals surface area contributed by atoms with Crippen molar-refractivity contribution in [3.63, 3.8) is 0 Å². The Bertz CT molecular complexity index is 493. The third kappa shape index (κ3) is 3.59. The highest BCUT2D eigenvalue weighted by Gasteiger charge is 2.34. The van der Waals surface area contributed by atoms with Crippen LogP contribution in [0.4, 0.5) is 13.2 Å². The number of thioether (sulfide) groups is 1. The molecule has 0 aromatic heterocycles. The molecule has 1 aliphatic rings. The van der Waals surface area contributed by atoms with E-state index in [1.54, 1.807) is 11.0 Å². The maximum Gasteiger partial charge on any atom is 0.573 e. The SMILES string of the molecule is CCCN1C(=O)CSC1c1cccc(OC(F)(F)F)c1. The lowest BCUT2D eigenvalue weighted by Crippen LogP contribution is -2.28. The van der Waals surface area contributed by atoms with Crippen molar-refractivity contribution < 1.29 is 22.7 Å². The molecule has 0 spiro atoms. The van der Waals surface area contributed by atoms with Gasteiger partial charge in [-0.15, -0.1) is 24.9 Å². The van der Waals surface area contributed by atoms with Gasteiger partial charge in [0.15, 0.2) is 0 Å². The standard InChI is InChI=1S/C13H14F3NO2S/c1-2-6-17-11(18)8-20-12(17)9-4-3-5-10(7-9)19-13(14,15)16/h3-5,7,12H,2,6,8H2,1H3. The van der Waals surface area contributed by atoms with Crippen molar-refractivity contribution in [1.82, 2.24) is 4.90 Å². The summed E-state index contributed by atoms with van der Waals surface area (Å²) in [6, 6.07) is 5.81. The van der Waals surface area contributed by atoms with Crippen LogP contribution in [-0.2, 0) is 4.79 Å². The van der Waals surface area contributed by atoms with Gasteiger partial charge in [0.05, 0.1) is 5.75 Å². The molecular weight excluding hydrogens is 291 g/mol. The summed E-state index contributed by atoms with van der Waals surface area (Å²) in [5, 5.41) is -0.237. The van der Waals surface area contributed by atoms with Crippen LogP contribution in [0.2, 0.25) is 0 Å². The Morgan fingerprint density at radius 2 is 2.20 bits per heavy atom. The maximum atomic E-state index is 12.2. The molecule has 1 amide bonds. The Morgan fingerprint density at radius 3 is 2.85 bits per heavy atom. The van der Waals surface area contributed by atoms with E-state index >= 15 is 0 Å². The number of amides is 1. The first-order valence-corrected chi connectivity index (χ1v) is 7.22. The zero-order valence-electron chi connectivity index (χ0n) is 10.8. The van der Waals surface area contributed by atoms with E-state index in [0.717, 1.165) is 6.42 Å². The van der Waals surface area contributed by atoms with Crippen molar-refractivity contribution in [1.29, 1.82) is 0 Å². The van der Waals surface area contributed by atoms with Gasteiger partial charge in [0.1, 0.15) is 11.1 Å². The number of nitrogens with zero attached hydrogens (tertiary/aromatic N) is 1. The summed E-state index contributed by atoms with van der Waals surface area (Å²) in [6.45, 7) is 2.55. The van der Waals surface area contributed by atoms with Gasteiger partial charge in [-0.25, -0.2) is 0 Å². The molecule has 1 fully saturated rings. The number of carbonyl (C=O) groups excluding carboxylic acids is 1. The van der Waals surface area contributed by atoms with Gasteiger partial charge in [-0.3, -0.25) is 4.79 Å². The highest BCUT2D eigenvalue weighted by atomic mass is 32.2. The van der Waals surface area contributed by atoms with Crippen LogP contribution in [0.5, 0.6) is 5.75 Å². The molecule has 0 bridgehead atoms. The zero-order chi connectivity index (χ0) is 14.8. The van der Waals surface area contributed by atoms with Crippen molar-refractivity contribution in [3.8, 4) is 5.75 Å². The number of hydrogen-bond donors (Lipinski definition) is 0. The van der Waals surface area contributed by atoms with E-state index in [0.29, 0.717) is 17.9 Å². The Kier molecular flexibility index (Phi) is 4.47. The molecule has 1 unspecified atom stereocenters. The number of alkyl halides is 3. The van der Waals surface area contributed by atoms with Gasteiger partial charge in [-0.2, -0.15) is 0 Å². The molecular formula is C13H14F3NO2S. The van der Waals surface area contributed by atoms with Gasteiger partial charge in [0.2, 0.25) is 5.91 Å². The van der Waals surface area contributed by atoms with Crippen LogP contribution < -0.4 is 4.74 Å². The number of ether oxygens (including phenoxy) is 1. The number of benzene rings is 1. The first-order chi connectivity index (χ1) is 9.40. The average molecular weight is 305 g/mol. The summed E-state index contributed by atoms with van der Waals surface area (Å²) < 4.78 is 40.6. The fourth-order valence-corrected chi connectivity index (χ4v) is 3.29. The molecule has 1 aliphatic heterocycles. The minimum Gasteiger partial charge on any atom is -0.406 e. The lowest BCUT2D eigenvalue weighted by atomic mass is 10.2. The fraction of sp³-hybridized carbons (Fsp3) is 0.462. The third-order valence-corrected chi connectivity index (χ3v) is 4.07. The van der Waals surface area contributed by atoms with Gasteiger partial charge in [-0.1, -0.05) is 19.1 Å². The highest BCUT2D eigenvalue weighted by molar-refractivity contribution is 8.00. The fourth-order valence-electron chi connectivity index (χ4n) is 2.08. The van der Waals surface area contributed by atoms with Crippen LogP contribution in [0.25, 0.3) is 0 Å². The van der Waals surface area contributed by atoms with Crippen molar-refractivity contribution in [2.24, 2.45) is 0 Å². The van der Waals surface area contributed by atoms with Gasteiger partial charge >= 0.3 is 6.36 Å². The molecule has 0 N–H and O–H groups in total. The van der Waals surface area contributed by atoms with Gasteiger partial charge < -0.3 is 9.64 Å². The first-order valence-electron chi connectivity index (χ1n) is 6.17. The molecule has 2 rings (SSSR count). The van der Waals surface area contributed by atoms with E-state index in [1.807, 2.05) is 6.92 Å². The van der Waals surface area contributed by atoms with E-state index in [4.69, 9.17) is 0 Å². The summed E-state index contributed by atoms with van der Waals surface area (Å²) in [5.74, 6) is 0.116. The molecule has 1 saturated heterocycles. The number of carbonyl (C=O) groups is 1. The predicted octanol–water partition coefficient (Wildman–Crippen LogP) is 3.57. The molecule has 1 atom stereocenters. The van der Waals surface area contributed by atoms with Crippen molar-refractivity contribution in [2.75, 3.05) is 12.3 Å². The summed E-state index contributed by atoms with van der Waals surface area (Å²) >= 11 is 1.42. The lowest BCUT2D eigenvalue weighted by Gasteiger charge is -2.24. The monoisotopic (exact) mass is 305 g/mol. The number of hydrogen-bond acceptors (Lipinski definition) is 3. The Morgan fingerprint density at radius 1 is 1.45 bits per heavy atom. The van der Waals surface area contributed by atoms with E-state index in [9.17, 15) is 18.0 Å². The summed E-state index contributed by atoms with van der Waals surface area (Å²) in [5.41, 5.74) is 0.649. The Labute approximate surface area is 119 Å². The van der Waals surface area contributed by atoms with Crippen molar-refractivity contribution in [2.45, 2.75) is 25.1 Å². The zero-order valence-corrected chi connectivity index (χ0v) is 11.6. The predicted molar refractivity (Wildman–Crippen MR) is 70.3 cm³/mol. The van der Waals surface area contributed by atoms with Crippen LogP contribution in [0.1, 0.15) is 24.3 Å². The van der Waals surface area contributed by atoms with Crippen LogP contribution >= 0.6 is 11.8 Å². The molecule has 0 saturated carbocycles. The van der Waals surface area contributed by atoms with Gasteiger partial charge in [-0.05, 0) is 24.1 Å². The second-order valence-corrected chi connectivity index (χ2v) is 5.44. The Balaban J connectivity index is 2.20. The summed E-state index contributed by atoms with van der Waals surface area (Å²) in [7, 11) is 0. The average Bonchev–Trinajstić information content (AvgIpc) is 2.70. The number of rotatable bonds is 4. The van der Waals surface area contributed by atoms with Crippen LogP contribution in [0, 0.1) is 0 Å². The normalized spacial score (nSPS) is 19.5. The van der Waals surface area contributed by atoms with E-state index in [1.165, 1.54) is 30.0 Å². The molecule has 1 aromatic rings. The van der Waals surface area contributed by atoms with Crippen LogP contribution in [0.15, 0.2) is 24.3 Å². The topological polar surface area (TPSA) is 29.5 Å². The summed E-state index contributed by atoms with van der Waals surface area (Å²) in [6.07, 6.45) is -3.90. The second kappa shape index (κ2) is 5.95. The number of halogens is 3. The van der Waals surface area contributed by atoms with Crippen LogP contribution in [-0.4, -0.2) is 29.5 Å². The molecule has 3 nitrogen and oxygen atoms in total. The largest absolute Gasteiger partial charge is 0.573 e. The van der Waals surface area contributed by atoms with E-state index in [2.05, 4.69) is 4.74 Å². The molecule has 0 aliphatic carbocycles. The first kappa shape index (κ1) is 15.0.